The molecule has 0 aliphatic carbocycles. The third-order valence-corrected chi connectivity index (χ3v) is 3.93. The molecule has 108 valence electrons. The van der Waals surface area contributed by atoms with E-state index in [9.17, 15) is 4.79 Å². The lowest BCUT2D eigenvalue weighted by atomic mass is 10.1. The second-order valence-corrected chi connectivity index (χ2v) is 5.98. The largest absolute Gasteiger partial charge is 0.421 e. The second kappa shape index (κ2) is 5.41. The van der Waals surface area contributed by atoms with E-state index in [2.05, 4.69) is 34.2 Å². The molecule has 0 atom stereocenters. The number of rotatable bonds is 3. The van der Waals surface area contributed by atoms with Crippen LogP contribution in [0.25, 0.3) is 11.1 Å². The normalized spacial score (nSPS) is 11.0. The fraction of sp³-hybridized carbons (Fsp3) is 0.188. The van der Waals surface area contributed by atoms with Gasteiger partial charge in [0, 0.05) is 10.2 Å². The Morgan fingerprint density at radius 3 is 2.76 bits per heavy atom. The van der Waals surface area contributed by atoms with Gasteiger partial charge in [0.15, 0.2) is 5.58 Å². The molecule has 1 N–H and O–H groups in total. The Balaban J connectivity index is 1.91. The number of nitrogens with one attached hydrogen (secondary N) is 1. The number of oxazole rings is 1. The first kappa shape index (κ1) is 13.9. The number of anilines is 1. The summed E-state index contributed by atoms with van der Waals surface area (Å²) >= 11 is 3.37. The third kappa shape index (κ3) is 2.74. The highest BCUT2D eigenvalue weighted by Gasteiger charge is 2.09. The van der Waals surface area contributed by atoms with Gasteiger partial charge in [0.2, 0.25) is 0 Å². The van der Waals surface area contributed by atoms with Crippen molar-refractivity contribution in [2.45, 2.75) is 20.5 Å². The Bertz CT molecular complexity index is 864. The van der Waals surface area contributed by atoms with Gasteiger partial charge >= 0.3 is 5.76 Å². The Kier molecular flexibility index (Phi) is 3.59. The van der Waals surface area contributed by atoms with Crippen LogP contribution < -0.4 is 11.1 Å². The molecule has 0 radical (unpaired) electrons. The molecule has 3 aromatic rings. The molecule has 0 saturated carbocycles. The fourth-order valence-electron chi connectivity index (χ4n) is 2.37. The van der Waals surface area contributed by atoms with Gasteiger partial charge in [-0.2, -0.15) is 0 Å². The molecule has 0 spiro atoms. The van der Waals surface area contributed by atoms with E-state index in [-0.39, 0.29) is 5.76 Å². The van der Waals surface area contributed by atoms with Crippen molar-refractivity contribution in [2.75, 3.05) is 5.32 Å². The highest BCUT2D eigenvalue weighted by molar-refractivity contribution is 9.10. The Morgan fingerprint density at radius 2 is 2.00 bits per heavy atom. The van der Waals surface area contributed by atoms with Gasteiger partial charge in [0.25, 0.3) is 0 Å². The molecule has 0 amide bonds. The predicted molar refractivity (Wildman–Crippen MR) is 87.7 cm³/mol. The molecule has 4 nitrogen and oxygen atoms in total. The molecule has 0 unspecified atom stereocenters. The second-order valence-electron chi connectivity index (χ2n) is 5.06. The van der Waals surface area contributed by atoms with Crippen LogP contribution in [0, 0.1) is 13.8 Å². The SMILES string of the molecule is Cc1ccc(NCn2c(=O)oc3cc(Br)ccc32)c(C)c1. The van der Waals surface area contributed by atoms with Gasteiger partial charge in [-0.25, -0.2) is 4.79 Å². The lowest BCUT2D eigenvalue weighted by Crippen LogP contribution is -2.19. The van der Waals surface area contributed by atoms with E-state index in [4.69, 9.17) is 4.42 Å². The summed E-state index contributed by atoms with van der Waals surface area (Å²) in [6, 6.07) is 11.7. The number of aryl methyl sites for hydroxylation is 2. The highest BCUT2D eigenvalue weighted by Crippen LogP contribution is 2.20. The Hall–Kier alpha value is -2.01. The van der Waals surface area contributed by atoms with Crippen molar-refractivity contribution >= 4 is 32.7 Å². The minimum atomic E-state index is -0.361. The van der Waals surface area contributed by atoms with Crippen molar-refractivity contribution in [3.05, 3.63) is 62.5 Å². The molecule has 0 aliphatic rings. The van der Waals surface area contributed by atoms with Crippen LogP contribution in [0.1, 0.15) is 11.1 Å². The summed E-state index contributed by atoms with van der Waals surface area (Å²) in [7, 11) is 0. The Labute approximate surface area is 130 Å². The first-order chi connectivity index (χ1) is 10.0. The van der Waals surface area contributed by atoms with Crippen molar-refractivity contribution in [2.24, 2.45) is 0 Å². The van der Waals surface area contributed by atoms with Crippen molar-refractivity contribution in [1.82, 2.24) is 4.57 Å². The molecule has 0 bridgehead atoms. The lowest BCUT2D eigenvalue weighted by Gasteiger charge is -2.10. The third-order valence-electron chi connectivity index (χ3n) is 3.44. The van der Waals surface area contributed by atoms with Crippen LogP contribution in [0.2, 0.25) is 0 Å². The minimum absolute atomic E-state index is 0.361. The monoisotopic (exact) mass is 346 g/mol. The quantitative estimate of drug-likeness (QED) is 0.778. The zero-order chi connectivity index (χ0) is 15.0. The zero-order valence-electron chi connectivity index (χ0n) is 11.8. The van der Waals surface area contributed by atoms with E-state index in [0.717, 1.165) is 21.2 Å². The zero-order valence-corrected chi connectivity index (χ0v) is 13.4. The van der Waals surface area contributed by atoms with Crippen molar-refractivity contribution in [1.29, 1.82) is 0 Å². The molecular weight excluding hydrogens is 332 g/mol. The molecule has 0 aliphatic heterocycles. The number of halogens is 1. The fourth-order valence-corrected chi connectivity index (χ4v) is 2.71. The summed E-state index contributed by atoms with van der Waals surface area (Å²) in [5.74, 6) is -0.361. The summed E-state index contributed by atoms with van der Waals surface area (Å²) in [6.07, 6.45) is 0. The highest BCUT2D eigenvalue weighted by atomic mass is 79.9. The molecule has 1 heterocycles. The molecule has 2 aromatic carbocycles. The first-order valence-electron chi connectivity index (χ1n) is 6.64. The van der Waals surface area contributed by atoms with Crippen LogP contribution in [0.3, 0.4) is 0 Å². The summed E-state index contributed by atoms with van der Waals surface area (Å²) in [6.45, 7) is 4.47. The molecule has 21 heavy (non-hydrogen) atoms. The summed E-state index contributed by atoms with van der Waals surface area (Å²) in [5, 5.41) is 3.28. The first-order valence-corrected chi connectivity index (χ1v) is 7.44. The van der Waals surface area contributed by atoms with Crippen LogP contribution in [0.4, 0.5) is 5.69 Å². The number of hydrogen-bond donors (Lipinski definition) is 1. The van der Waals surface area contributed by atoms with E-state index in [1.54, 1.807) is 10.6 Å². The van der Waals surface area contributed by atoms with Gasteiger partial charge in [0.1, 0.15) is 0 Å². The maximum Gasteiger partial charge on any atom is 0.421 e. The van der Waals surface area contributed by atoms with E-state index in [0.29, 0.717) is 12.3 Å². The molecule has 5 heteroatoms. The number of nitrogens with zero attached hydrogens (tertiary/aromatic N) is 1. The molecule has 1 aromatic heterocycles. The summed E-state index contributed by atoms with van der Waals surface area (Å²) in [4.78, 5) is 12.0. The minimum Gasteiger partial charge on any atom is -0.408 e. The van der Waals surface area contributed by atoms with E-state index in [1.807, 2.05) is 31.2 Å². The maximum absolute atomic E-state index is 12.0. The number of hydrogen-bond acceptors (Lipinski definition) is 3. The van der Waals surface area contributed by atoms with Crippen molar-refractivity contribution in [3.8, 4) is 0 Å². The number of benzene rings is 2. The van der Waals surface area contributed by atoms with E-state index >= 15 is 0 Å². The Morgan fingerprint density at radius 1 is 1.19 bits per heavy atom. The molecular formula is C16H15BrN2O2. The lowest BCUT2D eigenvalue weighted by molar-refractivity contribution is 0.515. The van der Waals surface area contributed by atoms with Gasteiger partial charge in [-0.1, -0.05) is 33.6 Å². The van der Waals surface area contributed by atoms with Crippen molar-refractivity contribution in [3.63, 3.8) is 0 Å². The summed E-state index contributed by atoms with van der Waals surface area (Å²) < 4.78 is 7.73. The maximum atomic E-state index is 12.0. The number of aromatic nitrogens is 1. The van der Waals surface area contributed by atoms with Gasteiger partial charge in [0.05, 0.1) is 12.2 Å². The molecule has 0 fully saturated rings. The number of fused-ring (bicyclic) bond motifs is 1. The molecule has 0 saturated heterocycles. The van der Waals surface area contributed by atoms with E-state index < -0.39 is 0 Å². The van der Waals surface area contributed by atoms with Gasteiger partial charge in [-0.15, -0.1) is 0 Å². The average Bonchev–Trinajstić information content (AvgIpc) is 2.72. The average molecular weight is 347 g/mol. The smallest absolute Gasteiger partial charge is 0.408 e. The van der Waals surface area contributed by atoms with Crippen molar-refractivity contribution < 1.29 is 4.42 Å². The predicted octanol–water partition coefficient (Wildman–Crippen LogP) is 4.04. The molecule has 3 rings (SSSR count). The topological polar surface area (TPSA) is 47.2 Å². The van der Waals surface area contributed by atoms with E-state index in [1.165, 1.54) is 5.56 Å². The van der Waals surface area contributed by atoms with Gasteiger partial charge in [-0.3, -0.25) is 4.57 Å². The van der Waals surface area contributed by atoms with Gasteiger partial charge in [-0.05, 0) is 43.7 Å². The van der Waals surface area contributed by atoms with Crippen LogP contribution in [0.5, 0.6) is 0 Å². The standard InChI is InChI=1S/C16H15BrN2O2/c1-10-3-5-13(11(2)7-10)18-9-19-14-6-4-12(17)8-15(14)21-16(19)20/h3-8,18H,9H2,1-2H3. The van der Waals surface area contributed by atoms with Crippen LogP contribution >= 0.6 is 15.9 Å². The summed E-state index contributed by atoms with van der Waals surface area (Å²) in [5.41, 5.74) is 4.74. The van der Waals surface area contributed by atoms with Crippen LogP contribution in [-0.4, -0.2) is 4.57 Å². The van der Waals surface area contributed by atoms with Crippen LogP contribution in [0.15, 0.2) is 50.1 Å². The van der Waals surface area contributed by atoms with Crippen LogP contribution in [-0.2, 0) is 6.67 Å². The van der Waals surface area contributed by atoms with Gasteiger partial charge < -0.3 is 9.73 Å².